The van der Waals surface area contributed by atoms with Crippen LogP contribution in [-0.4, -0.2) is 38.0 Å². The highest BCUT2D eigenvalue weighted by Crippen LogP contribution is 2.34. The Bertz CT molecular complexity index is 439. The molecule has 0 aromatic carbocycles. The van der Waals surface area contributed by atoms with Gasteiger partial charge < -0.3 is 10.2 Å². The molecular weight excluding hydrogens is 275 g/mol. The van der Waals surface area contributed by atoms with Crippen molar-refractivity contribution >= 4 is 29.0 Å². The molecule has 96 valence electrons. The van der Waals surface area contributed by atoms with E-state index >= 15 is 0 Å². The highest BCUT2D eigenvalue weighted by atomic mass is 35.5. The standard InChI is InChI=1S/C13H12Cl2O3/c14-9-5-1-3-7-12(9,17)11(16)13(18)8-4-2-6-10(13)15/h1-10,17-18H. The fraction of sp³-hybridized carbons (Fsp3) is 0.308. The quantitative estimate of drug-likeness (QED) is 0.756. The topological polar surface area (TPSA) is 57.5 Å². The van der Waals surface area contributed by atoms with Gasteiger partial charge in [0.05, 0.1) is 10.8 Å². The maximum atomic E-state index is 12.4. The van der Waals surface area contributed by atoms with Crippen LogP contribution in [0.15, 0.2) is 48.6 Å². The summed E-state index contributed by atoms with van der Waals surface area (Å²) in [6, 6.07) is 0. The Balaban J connectivity index is 2.37. The summed E-state index contributed by atoms with van der Waals surface area (Å²) in [5.41, 5.74) is -3.93. The number of hydrogen-bond donors (Lipinski definition) is 2. The Kier molecular flexibility index (Phi) is 3.52. The summed E-state index contributed by atoms with van der Waals surface area (Å²) in [5.74, 6) is -0.837. The second-order valence-corrected chi connectivity index (χ2v) is 5.21. The van der Waals surface area contributed by atoms with Gasteiger partial charge in [-0.1, -0.05) is 36.5 Å². The molecule has 0 saturated carbocycles. The number of allylic oxidation sites excluding steroid dienone is 4. The summed E-state index contributed by atoms with van der Waals surface area (Å²) in [5, 5.41) is 18.8. The van der Waals surface area contributed by atoms with Crippen LogP contribution in [0.2, 0.25) is 0 Å². The van der Waals surface area contributed by atoms with Crippen LogP contribution in [0, 0.1) is 0 Å². The summed E-state index contributed by atoms with van der Waals surface area (Å²) >= 11 is 11.9. The van der Waals surface area contributed by atoms with Crippen molar-refractivity contribution in [1.82, 2.24) is 0 Å². The predicted octanol–water partition coefficient (Wildman–Crippen LogP) is 1.48. The second kappa shape index (κ2) is 4.67. The third-order valence-corrected chi connectivity index (χ3v) is 4.01. The van der Waals surface area contributed by atoms with Crippen molar-refractivity contribution in [2.45, 2.75) is 22.0 Å². The van der Waals surface area contributed by atoms with Gasteiger partial charge in [0.1, 0.15) is 0 Å². The summed E-state index contributed by atoms with van der Waals surface area (Å²) in [4.78, 5) is 12.4. The molecule has 2 N–H and O–H groups in total. The Hall–Kier alpha value is -0.870. The normalized spacial score (nSPS) is 42.2. The lowest BCUT2D eigenvalue weighted by Gasteiger charge is -2.37. The van der Waals surface area contributed by atoms with Gasteiger partial charge in [-0.3, -0.25) is 4.79 Å². The van der Waals surface area contributed by atoms with E-state index in [1.807, 2.05) is 0 Å². The molecule has 0 aromatic heterocycles. The number of halogens is 2. The molecule has 0 bridgehead atoms. The van der Waals surface area contributed by atoms with E-state index in [9.17, 15) is 15.0 Å². The number of ketones is 1. The fourth-order valence-electron chi connectivity index (χ4n) is 1.93. The van der Waals surface area contributed by atoms with Crippen LogP contribution in [0.5, 0.6) is 0 Å². The Morgan fingerprint density at radius 3 is 1.61 bits per heavy atom. The van der Waals surface area contributed by atoms with Crippen LogP contribution >= 0.6 is 23.2 Å². The Morgan fingerprint density at radius 2 is 1.28 bits per heavy atom. The van der Waals surface area contributed by atoms with Gasteiger partial charge in [-0.25, -0.2) is 0 Å². The van der Waals surface area contributed by atoms with Crippen molar-refractivity contribution in [3.63, 3.8) is 0 Å². The van der Waals surface area contributed by atoms with Gasteiger partial charge in [0, 0.05) is 0 Å². The maximum absolute atomic E-state index is 12.4. The number of hydrogen-bond acceptors (Lipinski definition) is 3. The van der Waals surface area contributed by atoms with Crippen LogP contribution in [-0.2, 0) is 4.79 Å². The molecule has 3 nitrogen and oxygen atoms in total. The van der Waals surface area contributed by atoms with Gasteiger partial charge >= 0.3 is 0 Å². The van der Waals surface area contributed by atoms with E-state index in [1.165, 1.54) is 36.5 Å². The third-order valence-electron chi connectivity index (χ3n) is 3.05. The first-order valence-corrected chi connectivity index (χ1v) is 6.28. The molecule has 2 aliphatic carbocycles. The first kappa shape index (κ1) is 13.6. The van der Waals surface area contributed by atoms with E-state index in [-0.39, 0.29) is 0 Å². The average molecular weight is 287 g/mol. The van der Waals surface area contributed by atoms with E-state index in [2.05, 4.69) is 0 Å². The van der Waals surface area contributed by atoms with E-state index in [4.69, 9.17) is 23.2 Å². The number of carbonyl (C=O) groups is 1. The molecule has 0 radical (unpaired) electrons. The number of alkyl halides is 2. The minimum absolute atomic E-state index is 0.837. The van der Waals surface area contributed by atoms with Crippen LogP contribution in [0.25, 0.3) is 0 Å². The zero-order valence-corrected chi connectivity index (χ0v) is 10.8. The Labute approximate surface area is 115 Å². The first-order chi connectivity index (χ1) is 8.41. The van der Waals surface area contributed by atoms with Crippen LogP contribution in [0.1, 0.15) is 0 Å². The lowest BCUT2D eigenvalue weighted by Crippen LogP contribution is -2.59. The highest BCUT2D eigenvalue weighted by molar-refractivity contribution is 6.28. The molecule has 0 spiro atoms. The van der Waals surface area contributed by atoms with Gasteiger partial charge in [-0.05, 0) is 12.2 Å². The molecular formula is C13H12Cl2O3. The summed E-state index contributed by atoms with van der Waals surface area (Å²) in [7, 11) is 0. The molecule has 0 heterocycles. The predicted molar refractivity (Wildman–Crippen MR) is 70.7 cm³/mol. The minimum atomic E-state index is -1.96. The van der Waals surface area contributed by atoms with Crippen LogP contribution in [0.3, 0.4) is 0 Å². The maximum Gasteiger partial charge on any atom is 0.207 e. The summed E-state index contributed by atoms with van der Waals surface area (Å²) in [6.45, 7) is 0. The largest absolute Gasteiger partial charge is 0.376 e. The minimum Gasteiger partial charge on any atom is -0.376 e. The summed E-state index contributed by atoms with van der Waals surface area (Å²) < 4.78 is 0. The molecule has 0 aliphatic heterocycles. The number of aliphatic hydroxyl groups is 2. The summed E-state index contributed by atoms with van der Waals surface area (Å²) in [6.07, 6.45) is 11.7. The molecule has 0 fully saturated rings. The smallest absolute Gasteiger partial charge is 0.207 e. The second-order valence-electron chi connectivity index (χ2n) is 4.27. The van der Waals surface area contributed by atoms with Gasteiger partial charge in [0.15, 0.2) is 11.2 Å². The molecule has 0 saturated heterocycles. The SMILES string of the molecule is O=C(C1(O)C=CC=CC1Cl)C1(O)C=CC=CC1Cl. The first-order valence-electron chi connectivity index (χ1n) is 5.41. The van der Waals surface area contributed by atoms with Crippen molar-refractivity contribution in [1.29, 1.82) is 0 Å². The zero-order valence-electron chi connectivity index (χ0n) is 9.33. The lowest BCUT2D eigenvalue weighted by atomic mass is 9.78. The van der Waals surface area contributed by atoms with Crippen LogP contribution in [0.4, 0.5) is 0 Å². The molecule has 0 amide bonds. The average Bonchev–Trinajstić information content (AvgIpc) is 2.36. The number of Topliss-reactive ketones (excluding diaryl/α,β-unsaturated/α-hetero) is 1. The molecule has 2 aliphatic rings. The molecule has 4 atom stereocenters. The van der Waals surface area contributed by atoms with Crippen molar-refractivity contribution < 1.29 is 15.0 Å². The highest BCUT2D eigenvalue weighted by Gasteiger charge is 2.53. The number of rotatable bonds is 2. The molecule has 0 aromatic rings. The molecule has 18 heavy (non-hydrogen) atoms. The van der Waals surface area contributed by atoms with Crippen molar-refractivity contribution in [2.24, 2.45) is 0 Å². The fourth-order valence-corrected chi connectivity index (χ4v) is 2.44. The molecule has 5 heteroatoms. The Morgan fingerprint density at radius 1 is 0.889 bits per heavy atom. The van der Waals surface area contributed by atoms with E-state index < -0.39 is 27.7 Å². The van der Waals surface area contributed by atoms with Crippen LogP contribution < -0.4 is 0 Å². The lowest BCUT2D eigenvalue weighted by molar-refractivity contribution is -0.147. The van der Waals surface area contributed by atoms with Crippen molar-refractivity contribution in [3.05, 3.63) is 48.6 Å². The van der Waals surface area contributed by atoms with E-state index in [0.717, 1.165) is 0 Å². The van der Waals surface area contributed by atoms with Gasteiger partial charge in [0.2, 0.25) is 5.78 Å². The van der Waals surface area contributed by atoms with Crippen molar-refractivity contribution in [2.75, 3.05) is 0 Å². The zero-order chi connectivity index (χ0) is 13.4. The van der Waals surface area contributed by atoms with E-state index in [0.29, 0.717) is 0 Å². The monoisotopic (exact) mass is 286 g/mol. The van der Waals surface area contributed by atoms with Gasteiger partial charge in [-0.15, -0.1) is 23.2 Å². The van der Waals surface area contributed by atoms with Crippen molar-refractivity contribution in [3.8, 4) is 0 Å². The molecule has 4 unspecified atom stereocenters. The van der Waals surface area contributed by atoms with E-state index in [1.54, 1.807) is 12.2 Å². The molecule has 2 rings (SSSR count). The number of carbonyl (C=O) groups excluding carboxylic acids is 1. The van der Waals surface area contributed by atoms with Gasteiger partial charge in [0.25, 0.3) is 0 Å². The van der Waals surface area contributed by atoms with Gasteiger partial charge in [-0.2, -0.15) is 0 Å². The third kappa shape index (κ3) is 1.97.